The Morgan fingerprint density at radius 1 is 1.42 bits per heavy atom. The van der Waals surface area contributed by atoms with E-state index in [4.69, 9.17) is 5.73 Å². The van der Waals surface area contributed by atoms with Crippen molar-refractivity contribution >= 4 is 18.1 Å². The zero-order chi connectivity index (χ0) is 14.0. The monoisotopic (exact) mass is 266 g/mol. The average molecular weight is 266 g/mol. The molecule has 5 heteroatoms. The third kappa shape index (κ3) is 2.05. The molecule has 2 N–H and O–H groups in total. The lowest BCUT2D eigenvalue weighted by Crippen LogP contribution is -2.59. The van der Waals surface area contributed by atoms with Crippen molar-refractivity contribution in [1.29, 1.82) is 0 Å². The van der Waals surface area contributed by atoms with Crippen LogP contribution >= 0.6 is 0 Å². The number of hydrogen-bond donors (Lipinski definition) is 1. The minimum Gasteiger partial charge on any atom is -0.368 e. The van der Waals surface area contributed by atoms with E-state index in [2.05, 4.69) is 0 Å². The molecular weight excluding hydrogens is 244 g/mol. The summed E-state index contributed by atoms with van der Waals surface area (Å²) in [6, 6.07) is 0. The zero-order valence-corrected chi connectivity index (χ0v) is 11.4. The summed E-state index contributed by atoms with van der Waals surface area (Å²) in [6.07, 6.45) is 5.71. The number of amides is 2. The van der Waals surface area contributed by atoms with Crippen molar-refractivity contribution < 1.29 is 14.4 Å². The summed E-state index contributed by atoms with van der Waals surface area (Å²) in [5.41, 5.74) is 4.74. The third-order valence-corrected chi connectivity index (χ3v) is 4.88. The van der Waals surface area contributed by atoms with Gasteiger partial charge in [0.15, 0.2) is 0 Å². The number of unbranched alkanes of at least 4 members (excludes halogenated alkanes) is 1. The Labute approximate surface area is 113 Å². The molecule has 2 aliphatic rings. The Hall–Kier alpha value is -1.39. The lowest BCUT2D eigenvalue weighted by Gasteiger charge is -2.38. The van der Waals surface area contributed by atoms with E-state index in [1.807, 2.05) is 6.92 Å². The lowest BCUT2D eigenvalue weighted by atomic mass is 9.77. The highest BCUT2D eigenvalue weighted by molar-refractivity contribution is 6.24. The number of carbonyl (C=O) groups is 3. The molecule has 3 atom stereocenters. The molecule has 1 aliphatic carbocycles. The van der Waals surface area contributed by atoms with Gasteiger partial charge in [0.1, 0.15) is 5.54 Å². The lowest BCUT2D eigenvalue weighted by molar-refractivity contribution is -0.148. The van der Waals surface area contributed by atoms with Crippen LogP contribution in [0.2, 0.25) is 0 Å². The molecule has 0 aromatic carbocycles. The van der Waals surface area contributed by atoms with E-state index in [1.165, 1.54) is 4.90 Å². The van der Waals surface area contributed by atoms with Gasteiger partial charge >= 0.3 is 0 Å². The molecule has 5 nitrogen and oxygen atoms in total. The van der Waals surface area contributed by atoms with E-state index < -0.39 is 17.4 Å². The summed E-state index contributed by atoms with van der Waals surface area (Å²) in [4.78, 5) is 36.3. The number of rotatable bonds is 5. The molecule has 19 heavy (non-hydrogen) atoms. The van der Waals surface area contributed by atoms with E-state index in [0.717, 1.165) is 32.1 Å². The fourth-order valence-corrected chi connectivity index (χ4v) is 4.04. The predicted molar refractivity (Wildman–Crippen MR) is 70.1 cm³/mol. The van der Waals surface area contributed by atoms with E-state index in [1.54, 1.807) is 0 Å². The molecular formula is C14H22N2O3. The summed E-state index contributed by atoms with van der Waals surface area (Å²) in [7, 11) is 0. The molecule has 1 aliphatic heterocycles. The van der Waals surface area contributed by atoms with Gasteiger partial charge in [-0.2, -0.15) is 0 Å². The van der Waals surface area contributed by atoms with Crippen LogP contribution in [0.3, 0.4) is 0 Å². The van der Waals surface area contributed by atoms with Crippen LogP contribution in [0, 0.1) is 11.8 Å². The van der Waals surface area contributed by atoms with Crippen molar-refractivity contribution in [2.75, 3.05) is 6.54 Å². The molecule has 2 amide bonds. The Morgan fingerprint density at radius 3 is 2.74 bits per heavy atom. The van der Waals surface area contributed by atoms with Gasteiger partial charge in [-0.05, 0) is 31.1 Å². The molecule has 0 aromatic rings. The van der Waals surface area contributed by atoms with Gasteiger partial charge in [0.05, 0.1) is 0 Å². The fourth-order valence-electron chi connectivity index (χ4n) is 4.04. The number of nitrogens with zero attached hydrogens (tertiary/aromatic N) is 1. The second kappa shape index (κ2) is 5.31. The molecule has 0 aromatic heterocycles. The van der Waals surface area contributed by atoms with Crippen molar-refractivity contribution in [1.82, 2.24) is 4.90 Å². The maximum Gasteiger partial charge on any atom is 0.287 e. The van der Waals surface area contributed by atoms with Gasteiger partial charge in [0.2, 0.25) is 12.2 Å². The van der Waals surface area contributed by atoms with E-state index in [-0.39, 0.29) is 5.92 Å². The number of nitrogens with two attached hydrogens (primary N) is 1. The van der Waals surface area contributed by atoms with E-state index in [9.17, 15) is 14.4 Å². The maximum atomic E-state index is 12.1. The van der Waals surface area contributed by atoms with Crippen molar-refractivity contribution in [3.05, 3.63) is 0 Å². The first-order valence-electron chi connectivity index (χ1n) is 7.14. The van der Waals surface area contributed by atoms with Crippen molar-refractivity contribution in [2.45, 2.75) is 51.0 Å². The zero-order valence-electron chi connectivity index (χ0n) is 11.4. The van der Waals surface area contributed by atoms with Crippen LogP contribution in [-0.4, -0.2) is 35.1 Å². The number of likely N-dealkylation sites (tertiary alicyclic amines) is 1. The molecule has 0 spiro atoms. The normalized spacial score (nSPS) is 33.2. The van der Waals surface area contributed by atoms with E-state index in [0.29, 0.717) is 25.2 Å². The number of fused-ring (bicyclic) bond motifs is 1. The molecule has 106 valence electrons. The molecule has 0 bridgehead atoms. The van der Waals surface area contributed by atoms with Gasteiger partial charge < -0.3 is 10.6 Å². The van der Waals surface area contributed by atoms with Crippen LogP contribution in [0.25, 0.3) is 0 Å². The number of hydrogen-bond acceptors (Lipinski definition) is 3. The van der Waals surface area contributed by atoms with Gasteiger partial charge in [-0.1, -0.05) is 26.2 Å². The minimum absolute atomic E-state index is 0.139. The highest BCUT2D eigenvalue weighted by Crippen LogP contribution is 2.50. The topological polar surface area (TPSA) is 80.5 Å². The van der Waals surface area contributed by atoms with Crippen molar-refractivity contribution in [3.8, 4) is 0 Å². The second-order valence-electron chi connectivity index (χ2n) is 5.76. The molecule has 3 unspecified atom stereocenters. The summed E-state index contributed by atoms with van der Waals surface area (Å²) >= 11 is 0. The van der Waals surface area contributed by atoms with Crippen LogP contribution in [0.4, 0.5) is 0 Å². The Kier molecular flexibility index (Phi) is 3.92. The predicted octanol–water partition coefficient (Wildman–Crippen LogP) is 0.858. The second-order valence-corrected chi connectivity index (χ2v) is 5.76. The Morgan fingerprint density at radius 2 is 2.16 bits per heavy atom. The van der Waals surface area contributed by atoms with Crippen molar-refractivity contribution in [3.63, 3.8) is 0 Å². The van der Waals surface area contributed by atoms with E-state index >= 15 is 0 Å². The SMILES string of the molecule is CCCCC1(C(N)=O)C2CCCC2CN1C(=O)C=O. The summed E-state index contributed by atoms with van der Waals surface area (Å²) in [6.45, 7) is 2.55. The van der Waals surface area contributed by atoms with Gasteiger partial charge in [0.25, 0.3) is 5.91 Å². The summed E-state index contributed by atoms with van der Waals surface area (Å²) in [5.74, 6) is -0.566. The maximum absolute atomic E-state index is 12.1. The number of aldehydes is 1. The van der Waals surface area contributed by atoms with Crippen molar-refractivity contribution in [2.24, 2.45) is 17.6 Å². The fraction of sp³-hybridized carbons (Fsp3) is 0.786. The third-order valence-electron chi connectivity index (χ3n) is 4.88. The van der Waals surface area contributed by atoms with Gasteiger partial charge in [0, 0.05) is 6.54 Å². The minimum atomic E-state index is -0.921. The average Bonchev–Trinajstić information content (AvgIpc) is 2.95. The van der Waals surface area contributed by atoms with Gasteiger partial charge in [-0.25, -0.2) is 0 Å². The van der Waals surface area contributed by atoms with Gasteiger partial charge in [-0.15, -0.1) is 0 Å². The largest absolute Gasteiger partial charge is 0.368 e. The highest BCUT2D eigenvalue weighted by Gasteiger charge is 2.59. The first kappa shape index (κ1) is 14.0. The quantitative estimate of drug-likeness (QED) is 0.592. The number of carbonyl (C=O) groups excluding carboxylic acids is 3. The van der Waals surface area contributed by atoms with Crippen LogP contribution in [-0.2, 0) is 14.4 Å². The molecule has 2 fully saturated rings. The van der Waals surface area contributed by atoms with Crippen LogP contribution in [0.1, 0.15) is 45.4 Å². The Bertz CT molecular complexity index is 396. The summed E-state index contributed by atoms with van der Waals surface area (Å²) in [5, 5.41) is 0. The molecule has 1 heterocycles. The van der Waals surface area contributed by atoms with Crippen LogP contribution < -0.4 is 5.73 Å². The Balaban J connectivity index is 2.38. The number of primary amides is 1. The first-order valence-corrected chi connectivity index (χ1v) is 7.14. The van der Waals surface area contributed by atoms with Gasteiger partial charge in [-0.3, -0.25) is 14.4 Å². The standard InChI is InChI=1S/C14H22N2O3/c1-2-3-7-14(13(15)19)11-6-4-5-10(11)8-16(14)12(18)9-17/h9-11H,2-8H2,1H3,(H2,15,19). The van der Waals surface area contributed by atoms with Crippen LogP contribution in [0.5, 0.6) is 0 Å². The highest BCUT2D eigenvalue weighted by atomic mass is 16.2. The molecule has 1 saturated carbocycles. The van der Waals surface area contributed by atoms with Crippen LogP contribution in [0.15, 0.2) is 0 Å². The smallest absolute Gasteiger partial charge is 0.287 e. The molecule has 2 rings (SSSR count). The molecule has 0 radical (unpaired) electrons. The molecule has 1 saturated heterocycles. The first-order chi connectivity index (χ1) is 9.07. The summed E-state index contributed by atoms with van der Waals surface area (Å²) < 4.78 is 0.